The highest BCUT2D eigenvalue weighted by atomic mass is 32.2. The molecule has 3 heteroatoms. The fourth-order valence-electron chi connectivity index (χ4n) is 2.02. The summed E-state index contributed by atoms with van der Waals surface area (Å²) in [6.07, 6.45) is 3.24. The minimum atomic E-state index is -0.207. The fraction of sp³-hybridized carbons (Fsp3) is 0.900. The van der Waals surface area contributed by atoms with E-state index in [1.54, 1.807) is 0 Å². The second-order valence-corrected chi connectivity index (χ2v) is 5.12. The summed E-state index contributed by atoms with van der Waals surface area (Å²) in [5.41, 5.74) is -0.207. The van der Waals surface area contributed by atoms with E-state index in [4.69, 9.17) is 5.26 Å². The average Bonchev–Trinajstić information content (AvgIpc) is 2.51. The Bertz CT molecular complexity index is 200. The zero-order chi connectivity index (χ0) is 9.73. The van der Waals surface area contributed by atoms with Gasteiger partial charge in [-0.25, -0.2) is 0 Å². The van der Waals surface area contributed by atoms with Crippen LogP contribution in [0.4, 0.5) is 0 Å². The van der Waals surface area contributed by atoms with E-state index in [-0.39, 0.29) is 5.54 Å². The molecule has 1 fully saturated rings. The van der Waals surface area contributed by atoms with Crippen molar-refractivity contribution in [1.82, 2.24) is 5.32 Å². The largest absolute Gasteiger partial charge is 0.300 e. The van der Waals surface area contributed by atoms with Crippen LogP contribution in [0.5, 0.6) is 0 Å². The van der Waals surface area contributed by atoms with Crippen LogP contribution < -0.4 is 5.32 Å². The number of nitrogens with one attached hydrogen (secondary N) is 1. The molecule has 0 aromatic heterocycles. The standard InChI is InChI=1S/C10H18N2S/c1-3-12-10(8-11)6-5-9(7-10)13-4-2/h9,12H,3-7H2,1-2H3. The molecule has 0 aromatic carbocycles. The molecule has 0 aromatic rings. The highest BCUT2D eigenvalue weighted by Gasteiger charge is 2.38. The molecule has 0 saturated heterocycles. The highest BCUT2D eigenvalue weighted by Crippen LogP contribution is 2.36. The molecule has 1 N–H and O–H groups in total. The Labute approximate surface area is 85.1 Å². The van der Waals surface area contributed by atoms with Gasteiger partial charge in [0.05, 0.1) is 6.07 Å². The van der Waals surface area contributed by atoms with Crippen molar-refractivity contribution < 1.29 is 0 Å². The zero-order valence-corrected chi connectivity index (χ0v) is 9.28. The van der Waals surface area contributed by atoms with Crippen molar-refractivity contribution >= 4 is 11.8 Å². The molecule has 1 aliphatic carbocycles. The minimum absolute atomic E-state index is 0.207. The van der Waals surface area contributed by atoms with Crippen molar-refractivity contribution in [3.8, 4) is 6.07 Å². The molecule has 1 rings (SSSR count). The summed E-state index contributed by atoms with van der Waals surface area (Å²) >= 11 is 1.99. The predicted molar refractivity (Wildman–Crippen MR) is 57.8 cm³/mol. The van der Waals surface area contributed by atoms with Crippen LogP contribution in [0.3, 0.4) is 0 Å². The van der Waals surface area contributed by atoms with Gasteiger partial charge in [0, 0.05) is 5.25 Å². The molecule has 13 heavy (non-hydrogen) atoms. The summed E-state index contributed by atoms with van der Waals surface area (Å²) in [5, 5.41) is 13.1. The average molecular weight is 198 g/mol. The van der Waals surface area contributed by atoms with Gasteiger partial charge in [-0.05, 0) is 31.6 Å². The summed E-state index contributed by atoms with van der Waals surface area (Å²) in [4.78, 5) is 0. The second kappa shape index (κ2) is 4.88. The van der Waals surface area contributed by atoms with Gasteiger partial charge in [0.1, 0.15) is 5.54 Å². The molecular formula is C10H18N2S. The van der Waals surface area contributed by atoms with Crippen molar-refractivity contribution in [2.24, 2.45) is 0 Å². The Balaban J connectivity index is 2.48. The van der Waals surface area contributed by atoms with Crippen LogP contribution in [0.2, 0.25) is 0 Å². The number of thioether (sulfide) groups is 1. The van der Waals surface area contributed by atoms with E-state index in [1.807, 2.05) is 11.8 Å². The van der Waals surface area contributed by atoms with Gasteiger partial charge in [-0.3, -0.25) is 5.32 Å². The molecule has 0 spiro atoms. The van der Waals surface area contributed by atoms with Gasteiger partial charge in [0.25, 0.3) is 0 Å². The van der Waals surface area contributed by atoms with Crippen LogP contribution in [0.1, 0.15) is 33.1 Å². The Kier molecular flexibility index (Phi) is 4.08. The van der Waals surface area contributed by atoms with Crippen LogP contribution in [-0.2, 0) is 0 Å². The van der Waals surface area contributed by atoms with E-state index in [1.165, 1.54) is 6.42 Å². The van der Waals surface area contributed by atoms with Crippen LogP contribution in [0, 0.1) is 11.3 Å². The van der Waals surface area contributed by atoms with Crippen molar-refractivity contribution in [2.45, 2.75) is 43.9 Å². The van der Waals surface area contributed by atoms with Crippen molar-refractivity contribution in [2.75, 3.05) is 12.3 Å². The van der Waals surface area contributed by atoms with Gasteiger partial charge in [-0.2, -0.15) is 17.0 Å². The molecule has 0 radical (unpaired) electrons. The van der Waals surface area contributed by atoms with Gasteiger partial charge in [0.2, 0.25) is 0 Å². The Hall–Kier alpha value is -0.200. The lowest BCUT2D eigenvalue weighted by Gasteiger charge is -2.21. The van der Waals surface area contributed by atoms with Crippen molar-refractivity contribution in [3.05, 3.63) is 0 Å². The number of nitrogens with zero attached hydrogens (tertiary/aromatic N) is 1. The monoisotopic (exact) mass is 198 g/mol. The van der Waals surface area contributed by atoms with Gasteiger partial charge < -0.3 is 0 Å². The third-order valence-electron chi connectivity index (χ3n) is 2.60. The van der Waals surface area contributed by atoms with Gasteiger partial charge in [-0.15, -0.1) is 0 Å². The van der Waals surface area contributed by atoms with Crippen LogP contribution >= 0.6 is 11.8 Å². The summed E-state index contributed by atoms with van der Waals surface area (Å²) in [6, 6.07) is 2.44. The quantitative estimate of drug-likeness (QED) is 0.752. The first kappa shape index (κ1) is 10.9. The minimum Gasteiger partial charge on any atom is -0.300 e. The predicted octanol–water partition coefficient (Wildman–Crippen LogP) is 2.16. The maximum atomic E-state index is 9.11. The van der Waals surface area contributed by atoms with E-state index < -0.39 is 0 Å². The van der Waals surface area contributed by atoms with Gasteiger partial charge in [0.15, 0.2) is 0 Å². The third kappa shape index (κ3) is 2.62. The first-order valence-corrected chi connectivity index (χ1v) is 6.09. The first-order chi connectivity index (χ1) is 6.26. The molecule has 0 bridgehead atoms. The van der Waals surface area contributed by atoms with Crippen LogP contribution in [0.25, 0.3) is 0 Å². The molecule has 2 unspecified atom stereocenters. The van der Waals surface area contributed by atoms with E-state index >= 15 is 0 Å². The third-order valence-corrected chi connectivity index (χ3v) is 3.81. The lowest BCUT2D eigenvalue weighted by Crippen LogP contribution is -2.41. The van der Waals surface area contributed by atoms with E-state index in [0.717, 1.165) is 25.1 Å². The number of hydrogen-bond acceptors (Lipinski definition) is 3. The summed E-state index contributed by atoms with van der Waals surface area (Å²) in [5.74, 6) is 1.16. The van der Waals surface area contributed by atoms with Crippen molar-refractivity contribution in [1.29, 1.82) is 5.26 Å². The zero-order valence-electron chi connectivity index (χ0n) is 8.47. The van der Waals surface area contributed by atoms with E-state index in [2.05, 4.69) is 25.2 Å². The molecule has 0 heterocycles. The lowest BCUT2D eigenvalue weighted by molar-refractivity contribution is 0.436. The van der Waals surface area contributed by atoms with Crippen molar-refractivity contribution in [3.63, 3.8) is 0 Å². The number of hydrogen-bond donors (Lipinski definition) is 1. The summed E-state index contributed by atoms with van der Waals surface area (Å²) in [6.45, 7) is 5.15. The molecular weight excluding hydrogens is 180 g/mol. The molecule has 1 aliphatic rings. The molecule has 1 saturated carbocycles. The SMILES string of the molecule is CCNC1(C#N)CCC(SCC)C1. The maximum Gasteiger partial charge on any atom is 0.107 e. The topological polar surface area (TPSA) is 35.8 Å². The van der Waals surface area contributed by atoms with Gasteiger partial charge >= 0.3 is 0 Å². The lowest BCUT2D eigenvalue weighted by atomic mass is 10.0. The smallest absolute Gasteiger partial charge is 0.107 e. The first-order valence-electron chi connectivity index (χ1n) is 5.04. The van der Waals surface area contributed by atoms with E-state index in [9.17, 15) is 0 Å². The number of rotatable bonds is 4. The molecule has 74 valence electrons. The van der Waals surface area contributed by atoms with Crippen LogP contribution in [-0.4, -0.2) is 23.1 Å². The second-order valence-electron chi connectivity index (χ2n) is 3.54. The summed E-state index contributed by atoms with van der Waals surface area (Å²) < 4.78 is 0. The number of nitriles is 1. The van der Waals surface area contributed by atoms with Crippen LogP contribution in [0.15, 0.2) is 0 Å². The highest BCUT2D eigenvalue weighted by molar-refractivity contribution is 7.99. The Morgan fingerprint density at radius 1 is 1.62 bits per heavy atom. The normalized spacial score (nSPS) is 33.2. The molecule has 0 aliphatic heterocycles. The molecule has 2 atom stereocenters. The molecule has 2 nitrogen and oxygen atoms in total. The summed E-state index contributed by atoms with van der Waals surface area (Å²) in [7, 11) is 0. The van der Waals surface area contributed by atoms with E-state index in [0.29, 0.717) is 5.25 Å². The molecule has 0 amide bonds. The maximum absolute atomic E-state index is 9.11. The Morgan fingerprint density at radius 3 is 2.92 bits per heavy atom. The fourth-order valence-corrected chi connectivity index (χ4v) is 3.18. The van der Waals surface area contributed by atoms with Gasteiger partial charge in [-0.1, -0.05) is 13.8 Å². The Morgan fingerprint density at radius 2 is 2.38 bits per heavy atom.